The van der Waals surface area contributed by atoms with Crippen molar-refractivity contribution in [2.75, 3.05) is 0 Å². The van der Waals surface area contributed by atoms with E-state index in [2.05, 4.69) is 0 Å². The van der Waals surface area contributed by atoms with Crippen LogP contribution in [0.3, 0.4) is 0 Å². The Morgan fingerprint density at radius 1 is 1.29 bits per heavy atom. The fourth-order valence-corrected chi connectivity index (χ4v) is 6.48. The van der Waals surface area contributed by atoms with Crippen molar-refractivity contribution < 1.29 is 13.2 Å². The lowest BCUT2D eigenvalue weighted by Crippen LogP contribution is -2.23. The van der Waals surface area contributed by atoms with E-state index in [9.17, 15) is 13.2 Å². The molecule has 21 heavy (non-hydrogen) atoms. The second kappa shape index (κ2) is 5.24. The molecule has 1 fully saturated rings. The molecule has 1 atom stereocenters. The second-order valence-electron chi connectivity index (χ2n) is 5.78. The number of aryl methyl sites for hydroxylation is 1. The van der Waals surface area contributed by atoms with Crippen LogP contribution >= 0.6 is 19.9 Å². The molecule has 0 radical (unpaired) electrons. The van der Waals surface area contributed by atoms with Crippen LogP contribution in [0.2, 0.25) is 0 Å². The molecule has 0 bridgehead atoms. The molecule has 1 aliphatic carbocycles. The molecule has 0 aromatic heterocycles. The zero-order valence-corrected chi connectivity index (χ0v) is 13.4. The van der Waals surface area contributed by atoms with E-state index in [1.54, 1.807) is 12.1 Å². The number of rotatable bonds is 3. The van der Waals surface area contributed by atoms with Crippen molar-refractivity contribution in [2.45, 2.75) is 49.4 Å². The summed E-state index contributed by atoms with van der Waals surface area (Å²) < 4.78 is 41.3. The lowest BCUT2D eigenvalue weighted by atomic mass is 9.85. The Labute approximate surface area is 129 Å². The van der Waals surface area contributed by atoms with Gasteiger partial charge in [0.2, 0.25) is 0 Å². The number of allylic oxidation sites excluding steroid dienone is 1. The van der Waals surface area contributed by atoms with E-state index in [1.807, 2.05) is 19.1 Å². The number of alkyl halides is 3. The predicted molar refractivity (Wildman–Crippen MR) is 83.5 cm³/mol. The minimum atomic E-state index is -4.38. The van der Waals surface area contributed by atoms with E-state index in [4.69, 9.17) is 10.7 Å². The van der Waals surface area contributed by atoms with Crippen LogP contribution in [0.25, 0.3) is 6.08 Å². The van der Waals surface area contributed by atoms with Gasteiger partial charge < -0.3 is 0 Å². The average molecular weight is 335 g/mol. The summed E-state index contributed by atoms with van der Waals surface area (Å²) in [5, 5.41) is 0. The van der Waals surface area contributed by atoms with E-state index in [0.717, 1.165) is 37.7 Å². The number of halogens is 4. The third-order valence-electron chi connectivity index (χ3n) is 4.37. The highest BCUT2D eigenvalue weighted by Gasteiger charge is 2.57. The first kappa shape index (κ1) is 15.3. The molecule has 0 N–H and O–H groups in total. The summed E-state index contributed by atoms with van der Waals surface area (Å²) in [7, 11) is 2.93. The van der Waals surface area contributed by atoms with E-state index in [1.165, 1.54) is 0 Å². The molecule has 1 aromatic rings. The quantitative estimate of drug-likeness (QED) is 0.582. The van der Waals surface area contributed by atoms with E-state index in [-0.39, 0.29) is 5.92 Å². The largest absolute Gasteiger partial charge is 0.445 e. The van der Waals surface area contributed by atoms with Crippen LogP contribution in [0.4, 0.5) is 13.2 Å². The first-order chi connectivity index (χ1) is 9.88. The number of benzene rings is 1. The van der Waals surface area contributed by atoms with Gasteiger partial charge in [0.1, 0.15) is 0 Å². The molecule has 1 unspecified atom stereocenters. The molecule has 1 aromatic carbocycles. The predicted octanol–water partition coefficient (Wildman–Crippen LogP) is 6.63. The van der Waals surface area contributed by atoms with Crippen molar-refractivity contribution in [3.05, 3.63) is 34.2 Å². The monoisotopic (exact) mass is 334 g/mol. The molecule has 0 nitrogen and oxygen atoms in total. The van der Waals surface area contributed by atoms with Crippen LogP contribution in [0.1, 0.15) is 43.7 Å². The normalized spacial score (nSPS) is 28.5. The number of fused-ring (bicyclic) bond motifs is 1. The molecule has 3 rings (SSSR count). The van der Waals surface area contributed by atoms with Crippen LogP contribution in [0.5, 0.6) is 0 Å². The van der Waals surface area contributed by atoms with Crippen LogP contribution in [0, 0.1) is 5.92 Å². The highest BCUT2D eigenvalue weighted by Crippen LogP contribution is 2.81. The van der Waals surface area contributed by atoms with Crippen molar-refractivity contribution in [1.82, 2.24) is 0 Å². The standard InChI is InChI=1S/C16H18ClF3S/c1-2-4-11-7-8-13-10-15(12-5-3-6-12)21(17,14(13)9-11)16(18,19)20/h7-10,12H,2-6H2,1H3. The first-order valence-corrected chi connectivity index (χ1v) is 9.77. The van der Waals surface area contributed by atoms with Gasteiger partial charge in [0, 0.05) is 4.90 Å². The minimum absolute atomic E-state index is 0.0150. The molecule has 1 heterocycles. The Hall–Kier alpha value is -0.610. The fraction of sp³-hybridized carbons (Fsp3) is 0.500. The van der Waals surface area contributed by atoms with Crippen molar-refractivity contribution in [3.8, 4) is 0 Å². The highest BCUT2D eigenvalue weighted by molar-refractivity contribution is 8.54. The van der Waals surface area contributed by atoms with Gasteiger partial charge in [0.15, 0.2) is 0 Å². The van der Waals surface area contributed by atoms with Crippen molar-refractivity contribution >= 4 is 26.0 Å². The Balaban J connectivity index is 2.10. The summed E-state index contributed by atoms with van der Waals surface area (Å²) in [5.74, 6) is 0.0150. The van der Waals surface area contributed by atoms with Gasteiger partial charge in [0.05, 0.1) is 0 Å². The zero-order valence-electron chi connectivity index (χ0n) is 11.8. The molecule has 0 saturated heterocycles. The number of hydrogen-bond donors (Lipinski definition) is 0. The van der Waals surface area contributed by atoms with Gasteiger partial charge in [0.25, 0.3) is 0 Å². The fourth-order valence-electron chi connectivity index (χ4n) is 3.05. The van der Waals surface area contributed by atoms with Gasteiger partial charge in [-0.3, -0.25) is 0 Å². The summed E-state index contributed by atoms with van der Waals surface area (Å²) >= 11 is 0. The Bertz CT molecular complexity index is 590. The molecule has 0 amide bonds. The Morgan fingerprint density at radius 3 is 2.52 bits per heavy atom. The van der Waals surface area contributed by atoms with Gasteiger partial charge in [-0.15, -0.1) is 0 Å². The van der Waals surface area contributed by atoms with E-state index < -0.39 is 14.7 Å². The highest BCUT2D eigenvalue weighted by atomic mass is 35.7. The smallest absolute Gasteiger partial charge is 0.160 e. The maximum Gasteiger partial charge on any atom is 0.445 e. The summed E-state index contributed by atoms with van der Waals surface area (Å²) in [6, 6.07) is 5.42. The number of hydrogen-bond acceptors (Lipinski definition) is 0. The molecule has 1 aliphatic heterocycles. The summed E-state index contributed by atoms with van der Waals surface area (Å²) in [5.41, 5.74) is -2.77. The molecule has 0 spiro atoms. The maximum atomic E-state index is 13.8. The molecule has 2 aliphatic rings. The van der Waals surface area contributed by atoms with E-state index >= 15 is 0 Å². The Morgan fingerprint density at radius 2 is 2.00 bits per heavy atom. The van der Waals surface area contributed by atoms with Crippen molar-refractivity contribution in [3.63, 3.8) is 0 Å². The molecular weight excluding hydrogens is 317 g/mol. The topological polar surface area (TPSA) is 0 Å². The SMILES string of the molecule is CCCc1ccc2c(c1)S(Cl)(C(F)(F)F)C(C1CCC1)=C2. The summed E-state index contributed by atoms with van der Waals surface area (Å²) in [6.07, 6.45) is 6.08. The molecule has 116 valence electrons. The van der Waals surface area contributed by atoms with Crippen LogP contribution < -0.4 is 0 Å². The second-order valence-corrected chi connectivity index (χ2v) is 9.62. The lowest BCUT2D eigenvalue weighted by molar-refractivity contribution is -0.0362. The van der Waals surface area contributed by atoms with Gasteiger partial charge in [-0.2, -0.15) is 13.2 Å². The Kier molecular flexibility index (Phi) is 3.81. The van der Waals surface area contributed by atoms with Crippen LogP contribution in [0.15, 0.2) is 28.0 Å². The third kappa shape index (κ3) is 2.31. The van der Waals surface area contributed by atoms with Gasteiger partial charge in [-0.1, -0.05) is 31.9 Å². The van der Waals surface area contributed by atoms with Crippen LogP contribution in [-0.4, -0.2) is 5.51 Å². The zero-order chi connectivity index (χ0) is 15.3. The van der Waals surface area contributed by atoms with E-state index in [0.29, 0.717) is 15.4 Å². The summed E-state index contributed by atoms with van der Waals surface area (Å²) in [4.78, 5) is 0.746. The van der Waals surface area contributed by atoms with Gasteiger partial charge >= 0.3 is 5.51 Å². The third-order valence-corrected chi connectivity index (χ3v) is 8.63. The van der Waals surface area contributed by atoms with Gasteiger partial charge in [-0.05, 0) is 73.3 Å². The average Bonchev–Trinajstić information content (AvgIpc) is 2.63. The first-order valence-electron chi connectivity index (χ1n) is 7.31. The van der Waals surface area contributed by atoms with Crippen molar-refractivity contribution in [1.29, 1.82) is 0 Å². The minimum Gasteiger partial charge on any atom is -0.160 e. The molecular formula is C16H18ClF3S. The van der Waals surface area contributed by atoms with Gasteiger partial charge in [-0.25, -0.2) is 0 Å². The molecule has 1 saturated carbocycles. The maximum absolute atomic E-state index is 13.8. The van der Waals surface area contributed by atoms with Crippen LogP contribution in [-0.2, 0) is 6.42 Å². The van der Waals surface area contributed by atoms with Crippen molar-refractivity contribution in [2.24, 2.45) is 5.92 Å². The lowest BCUT2D eigenvalue weighted by Gasteiger charge is -2.40. The molecule has 5 heteroatoms. The summed E-state index contributed by atoms with van der Waals surface area (Å²) in [6.45, 7) is 2.02.